The minimum Gasteiger partial charge on any atom is -0.393 e. The van der Waals surface area contributed by atoms with Crippen LogP contribution < -0.4 is 0 Å². The van der Waals surface area contributed by atoms with Gasteiger partial charge in [-0.1, -0.05) is 55.3 Å². The highest BCUT2D eigenvalue weighted by atomic mass is 35.5. The molecule has 1 aromatic carbocycles. The van der Waals surface area contributed by atoms with E-state index >= 15 is 0 Å². The molecule has 5 rings (SSSR count). The second-order valence-electron chi connectivity index (χ2n) is 11.1. The Morgan fingerprint density at radius 3 is 2.71 bits per heavy atom. The van der Waals surface area contributed by atoms with Crippen LogP contribution in [0.5, 0.6) is 0 Å². The van der Waals surface area contributed by atoms with Crippen LogP contribution in [0.1, 0.15) is 70.8 Å². The van der Waals surface area contributed by atoms with Gasteiger partial charge in [0.05, 0.1) is 6.10 Å². The lowest BCUT2D eigenvalue weighted by Crippen LogP contribution is -2.50. The molecule has 0 radical (unpaired) electrons. The van der Waals surface area contributed by atoms with Crippen molar-refractivity contribution in [3.05, 3.63) is 52.6 Å². The van der Waals surface area contributed by atoms with E-state index in [1.54, 1.807) is 6.08 Å². The van der Waals surface area contributed by atoms with Gasteiger partial charge >= 0.3 is 0 Å². The Morgan fingerprint density at radius 2 is 1.90 bits per heavy atom. The van der Waals surface area contributed by atoms with Crippen LogP contribution in [-0.4, -0.2) is 17.0 Å². The summed E-state index contributed by atoms with van der Waals surface area (Å²) in [5.41, 5.74) is 2.80. The summed E-state index contributed by atoms with van der Waals surface area (Å²) in [6.45, 7) is 4.87. The summed E-state index contributed by atoms with van der Waals surface area (Å²) in [6, 6.07) is 7.71. The molecule has 2 nitrogen and oxygen atoms in total. The van der Waals surface area contributed by atoms with E-state index in [-0.39, 0.29) is 28.6 Å². The molecule has 3 saturated carbocycles. The van der Waals surface area contributed by atoms with E-state index in [1.165, 1.54) is 18.4 Å². The van der Waals surface area contributed by atoms with Crippen molar-refractivity contribution in [2.45, 2.75) is 71.3 Å². The third kappa shape index (κ3) is 3.45. The summed E-state index contributed by atoms with van der Waals surface area (Å²) >= 11 is 6.28. The van der Waals surface area contributed by atoms with E-state index in [2.05, 4.69) is 19.9 Å². The molecule has 0 amide bonds. The third-order valence-corrected chi connectivity index (χ3v) is 10.1. The number of halogens is 1. The van der Waals surface area contributed by atoms with Crippen LogP contribution in [0.15, 0.2) is 42.0 Å². The van der Waals surface area contributed by atoms with Gasteiger partial charge < -0.3 is 5.11 Å². The van der Waals surface area contributed by atoms with Gasteiger partial charge in [0.1, 0.15) is 0 Å². The molecule has 1 N–H and O–H groups in total. The first kappa shape index (κ1) is 21.5. The molecule has 3 fully saturated rings. The van der Waals surface area contributed by atoms with Gasteiger partial charge in [0, 0.05) is 10.9 Å². The van der Waals surface area contributed by atoms with Crippen LogP contribution in [0.2, 0.25) is 5.02 Å². The Labute approximate surface area is 191 Å². The van der Waals surface area contributed by atoms with Gasteiger partial charge in [-0.2, -0.15) is 0 Å². The standard InChI is InChI=1S/C28H35ClO2/c1-27-15-13-20(30)17-19(27)8-9-21-22-10-11-24(28(22,2)16-14-23(21)27)26(31)12-7-18-5-3-4-6-25(18)29/h3-8,12,20-24,30H,9-11,13-17H2,1-2H3/b12-7+/t20-,21-,22-,23-,24+,27-,28-/m0/s1. The highest BCUT2D eigenvalue weighted by Gasteiger charge is 2.59. The molecule has 0 aromatic heterocycles. The van der Waals surface area contributed by atoms with Gasteiger partial charge in [-0.3, -0.25) is 4.79 Å². The number of ketones is 1. The Balaban J connectivity index is 1.37. The average Bonchev–Trinajstić information content (AvgIpc) is 3.11. The smallest absolute Gasteiger partial charge is 0.159 e. The maximum Gasteiger partial charge on any atom is 0.159 e. The third-order valence-electron chi connectivity index (χ3n) is 9.75. The zero-order valence-corrected chi connectivity index (χ0v) is 19.6. The van der Waals surface area contributed by atoms with Crippen molar-refractivity contribution in [1.29, 1.82) is 0 Å². The summed E-state index contributed by atoms with van der Waals surface area (Å²) in [7, 11) is 0. The molecule has 0 spiro atoms. The van der Waals surface area contributed by atoms with Gasteiger partial charge in [-0.05, 0) is 104 Å². The molecule has 166 valence electrons. The molecule has 4 aliphatic carbocycles. The Kier molecular flexibility index (Phi) is 5.46. The van der Waals surface area contributed by atoms with Crippen LogP contribution in [0.3, 0.4) is 0 Å². The topological polar surface area (TPSA) is 37.3 Å². The van der Waals surface area contributed by atoms with Gasteiger partial charge in [0.25, 0.3) is 0 Å². The fraction of sp³-hybridized carbons (Fsp3) is 0.607. The summed E-state index contributed by atoms with van der Waals surface area (Å²) in [4.78, 5) is 13.3. The highest BCUT2D eigenvalue weighted by molar-refractivity contribution is 6.32. The van der Waals surface area contributed by atoms with Gasteiger partial charge in [-0.15, -0.1) is 0 Å². The van der Waals surface area contributed by atoms with E-state index in [4.69, 9.17) is 11.6 Å². The second kappa shape index (κ2) is 7.89. The molecule has 0 bridgehead atoms. The monoisotopic (exact) mass is 438 g/mol. The first-order valence-corrected chi connectivity index (χ1v) is 12.5. The molecule has 0 aliphatic heterocycles. The number of hydrogen-bond acceptors (Lipinski definition) is 2. The van der Waals surface area contributed by atoms with Crippen LogP contribution in [-0.2, 0) is 4.79 Å². The summed E-state index contributed by atoms with van der Waals surface area (Å²) in [5.74, 6) is 2.44. The summed E-state index contributed by atoms with van der Waals surface area (Å²) in [6.07, 6.45) is 14.6. The van der Waals surface area contributed by atoms with E-state index < -0.39 is 0 Å². The van der Waals surface area contributed by atoms with Crippen molar-refractivity contribution >= 4 is 23.5 Å². The predicted molar refractivity (Wildman–Crippen MR) is 127 cm³/mol. The van der Waals surface area contributed by atoms with Crippen LogP contribution in [0.4, 0.5) is 0 Å². The Hall–Kier alpha value is -1.38. The predicted octanol–water partition coefficient (Wildman–Crippen LogP) is 6.86. The van der Waals surface area contributed by atoms with Crippen LogP contribution in [0, 0.1) is 34.5 Å². The lowest BCUT2D eigenvalue weighted by molar-refractivity contribution is -0.124. The van der Waals surface area contributed by atoms with Gasteiger partial charge in [-0.25, -0.2) is 0 Å². The number of allylic oxidation sites excluding steroid dienone is 2. The maximum atomic E-state index is 13.3. The van der Waals surface area contributed by atoms with Crippen molar-refractivity contribution in [2.24, 2.45) is 34.5 Å². The molecular weight excluding hydrogens is 404 g/mol. The molecule has 0 saturated heterocycles. The first-order chi connectivity index (χ1) is 14.8. The summed E-state index contributed by atoms with van der Waals surface area (Å²) < 4.78 is 0. The Bertz CT molecular complexity index is 933. The van der Waals surface area contributed by atoms with Crippen LogP contribution in [0.25, 0.3) is 6.08 Å². The lowest BCUT2D eigenvalue weighted by atomic mass is 9.47. The van der Waals surface area contributed by atoms with Crippen molar-refractivity contribution in [3.63, 3.8) is 0 Å². The minimum atomic E-state index is -0.150. The second-order valence-corrected chi connectivity index (χ2v) is 11.5. The molecule has 3 heteroatoms. The highest BCUT2D eigenvalue weighted by Crippen LogP contribution is 2.66. The molecule has 4 aliphatic rings. The molecule has 31 heavy (non-hydrogen) atoms. The number of aliphatic hydroxyl groups is 1. The fourth-order valence-electron chi connectivity index (χ4n) is 8.01. The number of carbonyl (C=O) groups is 1. The average molecular weight is 439 g/mol. The number of fused-ring (bicyclic) bond motifs is 5. The number of rotatable bonds is 3. The molecule has 7 atom stereocenters. The zero-order valence-electron chi connectivity index (χ0n) is 18.8. The quantitative estimate of drug-likeness (QED) is 0.413. The number of carbonyl (C=O) groups excluding carboxylic acids is 1. The SMILES string of the molecule is C[C@]12CC[C@H]3[C@@H](CC=C4C[C@@H](O)CC[C@@]43C)[C@@H]1CC[C@@H]2C(=O)/C=C/c1ccccc1Cl. The number of aliphatic hydroxyl groups excluding tert-OH is 1. The number of hydrogen-bond donors (Lipinski definition) is 1. The van der Waals surface area contributed by atoms with Crippen molar-refractivity contribution in [3.8, 4) is 0 Å². The van der Waals surface area contributed by atoms with E-state index in [1.807, 2.05) is 30.3 Å². The largest absolute Gasteiger partial charge is 0.393 e. The zero-order chi connectivity index (χ0) is 21.8. The normalized spacial score (nSPS) is 41.9. The Morgan fingerprint density at radius 1 is 1.10 bits per heavy atom. The first-order valence-electron chi connectivity index (χ1n) is 12.2. The van der Waals surface area contributed by atoms with E-state index in [0.29, 0.717) is 22.8 Å². The van der Waals surface area contributed by atoms with Crippen LogP contribution >= 0.6 is 11.6 Å². The van der Waals surface area contributed by atoms with Crippen molar-refractivity contribution in [1.82, 2.24) is 0 Å². The van der Waals surface area contributed by atoms with Crippen molar-refractivity contribution < 1.29 is 9.90 Å². The summed E-state index contributed by atoms with van der Waals surface area (Å²) in [5, 5.41) is 10.9. The van der Waals surface area contributed by atoms with Gasteiger partial charge in [0.2, 0.25) is 0 Å². The molecular formula is C28H35ClO2. The lowest BCUT2D eigenvalue weighted by Gasteiger charge is -2.57. The molecule has 0 heterocycles. The van der Waals surface area contributed by atoms with Crippen molar-refractivity contribution in [2.75, 3.05) is 0 Å². The van der Waals surface area contributed by atoms with Gasteiger partial charge in [0.15, 0.2) is 5.78 Å². The molecule has 0 unspecified atom stereocenters. The number of benzene rings is 1. The minimum absolute atomic E-state index is 0.110. The fourth-order valence-corrected chi connectivity index (χ4v) is 8.21. The van der Waals surface area contributed by atoms with E-state index in [0.717, 1.165) is 44.1 Å². The maximum absolute atomic E-state index is 13.3. The molecule has 1 aromatic rings. The van der Waals surface area contributed by atoms with E-state index in [9.17, 15) is 9.90 Å².